The van der Waals surface area contributed by atoms with E-state index in [0.717, 1.165) is 32.7 Å². The number of guanidine groups is 1. The number of ether oxygens (including phenoxy) is 1. The Balaban J connectivity index is 1.79. The number of hydrogen-bond acceptors (Lipinski definition) is 4. The Labute approximate surface area is 150 Å². The van der Waals surface area contributed by atoms with Crippen LogP contribution in [0.25, 0.3) is 0 Å². The molecule has 0 aromatic heterocycles. The third-order valence-corrected chi connectivity index (χ3v) is 4.07. The molecule has 1 heterocycles. The number of carbonyl (C=O) groups excluding carboxylic acids is 1. The average molecular weight is 347 g/mol. The van der Waals surface area contributed by atoms with Gasteiger partial charge in [-0.3, -0.25) is 4.79 Å². The molecule has 1 aliphatic rings. The van der Waals surface area contributed by atoms with Crippen molar-refractivity contribution < 1.29 is 9.53 Å². The molecule has 0 bridgehead atoms. The standard InChI is InChI=1S/C18H29N5O2/c1-3-19-18(20-9-14-25-2)21-15-17(24)23-12-10-22(11-13-23)16-7-5-4-6-8-16/h4-8H,3,9-15H2,1-2H3,(H2,19,20,21). The van der Waals surface area contributed by atoms with Gasteiger partial charge in [-0.15, -0.1) is 0 Å². The summed E-state index contributed by atoms with van der Waals surface area (Å²) in [6, 6.07) is 10.3. The van der Waals surface area contributed by atoms with Crippen molar-refractivity contribution in [2.45, 2.75) is 6.92 Å². The largest absolute Gasteiger partial charge is 0.383 e. The number of hydrogen-bond donors (Lipinski definition) is 2. The fourth-order valence-corrected chi connectivity index (χ4v) is 2.71. The molecule has 1 saturated heterocycles. The fraction of sp³-hybridized carbons (Fsp3) is 0.556. The van der Waals surface area contributed by atoms with Crippen LogP contribution in [0, 0.1) is 0 Å². The zero-order valence-electron chi connectivity index (χ0n) is 15.2. The molecule has 138 valence electrons. The van der Waals surface area contributed by atoms with Crippen LogP contribution in [0.15, 0.2) is 35.3 Å². The molecule has 1 aromatic rings. The van der Waals surface area contributed by atoms with Crippen molar-refractivity contribution in [2.24, 2.45) is 4.99 Å². The first kappa shape index (κ1) is 19.1. The molecule has 0 spiro atoms. The van der Waals surface area contributed by atoms with E-state index in [1.165, 1.54) is 5.69 Å². The summed E-state index contributed by atoms with van der Waals surface area (Å²) in [6.07, 6.45) is 0. The Kier molecular flexibility index (Phi) is 8.04. The molecule has 7 nitrogen and oxygen atoms in total. The Hall–Kier alpha value is -2.28. The van der Waals surface area contributed by atoms with Gasteiger partial charge in [0.15, 0.2) is 5.96 Å². The maximum Gasteiger partial charge on any atom is 0.244 e. The number of anilines is 1. The molecule has 1 aromatic carbocycles. The number of nitrogens with one attached hydrogen (secondary N) is 2. The van der Waals surface area contributed by atoms with Crippen LogP contribution in [-0.4, -0.2) is 76.3 Å². The fourth-order valence-electron chi connectivity index (χ4n) is 2.71. The van der Waals surface area contributed by atoms with Crippen molar-refractivity contribution in [3.63, 3.8) is 0 Å². The summed E-state index contributed by atoms with van der Waals surface area (Å²) in [5, 5.41) is 6.28. The molecular formula is C18H29N5O2. The minimum atomic E-state index is 0.0663. The van der Waals surface area contributed by atoms with E-state index >= 15 is 0 Å². The van der Waals surface area contributed by atoms with Crippen LogP contribution in [0.2, 0.25) is 0 Å². The number of benzene rings is 1. The van der Waals surface area contributed by atoms with Crippen LogP contribution < -0.4 is 15.5 Å². The number of para-hydroxylation sites is 1. The summed E-state index contributed by atoms with van der Waals surface area (Å²) in [5.41, 5.74) is 1.21. The van der Waals surface area contributed by atoms with Gasteiger partial charge in [0.1, 0.15) is 6.54 Å². The van der Waals surface area contributed by atoms with Gasteiger partial charge in [0, 0.05) is 52.1 Å². The number of aliphatic imine (C=N–C) groups is 1. The normalized spacial score (nSPS) is 15.2. The van der Waals surface area contributed by atoms with Crippen LogP contribution >= 0.6 is 0 Å². The van der Waals surface area contributed by atoms with Crippen molar-refractivity contribution in [1.82, 2.24) is 15.5 Å². The Morgan fingerprint density at radius 1 is 1.16 bits per heavy atom. The molecule has 0 saturated carbocycles. The van der Waals surface area contributed by atoms with Gasteiger partial charge in [-0.2, -0.15) is 0 Å². The van der Waals surface area contributed by atoms with Gasteiger partial charge in [0.05, 0.1) is 6.61 Å². The number of methoxy groups -OCH3 is 1. The highest BCUT2D eigenvalue weighted by molar-refractivity contribution is 5.85. The lowest BCUT2D eigenvalue weighted by molar-refractivity contribution is -0.129. The van der Waals surface area contributed by atoms with Gasteiger partial charge in [0.25, 0.3) is 0 Å². The Morgan fingerprint density at radius 3 is 2.52 bits per heavy atom. The maximum absolute atomic E-state index is 12.4. The zero-order valence-corrected chi connectivity index (χ0v) is 15.2. The highest BCUT2D eigenvalue weighted by atomic mass is 16.5. The van der Waals surface area contributed by atoms with Crippen molar-refractivity contribution >= 4 is 17.6 Å². The molecule has 2 N–H and O–H groups in total. The van der Waals surface area contributed by atoms with Crippen LogP contribution in [0.1, 0.15) is 6.92 Å². The first-order valence-electron chi connectivity index (χ1n) is 8.83. The summed E-state index contributed by atoms with van der Waals surface area (Å²) in [4.78, 5) is 21.0. The molecule has 25 heavy (non-hydrogen) atoms. The van der Waals surface area contributed by atoms with E-state index in [-0.39, 0.29) is 12.5 Å². The quantitative estimate of drug-likeness (QED) is 0.428. The van der Waals surface area contributed by atoms with Gasteiger partial charge >= 0.3 is 0 Å². The van der Waals surface area contributed by atoms with Gasteiger partial charge < -0.3 is 25.2 Å². The van der Waals surface area contributed by atoms with Crippen LogP contribution in [0.4, 0.5) is 5.69 Å². The lowest BCUT2D eigenvalue weighted by Crippen LogP contribution is -2.49. The molecule has 2 rings (SSSR count). The van der Waals surface area contributed by atoms with Crippen LogP contribution in [-0.2, 0) is 9.53 Å². The van der Waals surface area contributed by atoms with Crippen LogP contribution in [0.5, 0.6) is 0 Å². The molecule has 1 fully saturated rings. The SMILES string of the molecule is CCNC(=NCC(=O)N1CCN(c2ccccc2)CC1)NCCOC. The summed E-state index contributed by atoms with van der Waals surface area (Å²) >= 11 is 0. The number of nitrogens with zero attached hydrogens (tertiary/aromatic N) is 3. The lowest BCUT2D eigenvalue weighted by atomic mass is 10.2. The molecule has 1 aliphatic heterocycles. The van der Waals surface area contributed by atoms with E-state index in [2.05, 4.69) is 32.7 Å². The highest BCUT2D eigenvalue weighted by Gasteiger charge is 2.20. The van der Waals surface area contributed by atoms with Crippen molar-refractivity contribution in [3.8, 4) is 0 Å². The number of carbonyl (C=O) groups is 1. The molecule has 0 aliphatic carbocycles. The van der Waals surface area contributed by atoms with Gasteiger partial charge in [-0.25, -0.2) is 4.99 Å². The Morgan fingerprint density at radius 2 is 1.88 bits per heavy atom. The molecular weight excluding hydrogens is 318 g/mol. The van der Waals surface area contributed by atoms with E-state index in [9.17, 15) is 4.79 Å². The third kappa shape index (κ3) is 6.26. The first-order valence-corrected chi connectivity index (χ1v) is 8.83. The molecule has 7 heteroatoms. The third-order valence-electron chi connectivity index (χ3n) is 4.07. The van der Waals surface area contributed by atoms with E-state index < -0.39 is 0 Å². The van der Waals surface area contributed by atoms with E-state index in [0.29, 0.717) is 19.1 Å². The Bertz CT molecular complexity index is 542. The zero-order chi connectivity index (χ0) is 17.9. The van der Waals surface area contributed by atoms with Crippen molar-refractivity contribution in [2.75, 3.05) is 64.4 Å². The smallest absolute Gasteiger partial charge is 0.244 e. The summed E-state index contributed by atoms with van der Waals surface area (Å²) < 4.78 is 5.01. The maximum atomic E-state index is 12.4. The number of piperazine rings is 1. The molecule has 0 atom stereocenters. The average Bonchev–Trinajstić information content (AvgIpc) is 2.67. The second kappa shape index (κ2) is 10.6. The number of amides is 1. The molecule has 0 unspecified atom stereocenters. The topological polar surface area (TPSA) is 69.2 Å². The molecule has 1 amide bonds. The summed E-state index contributed by atoms with van der Waals surface area (Å²) in [5.74, 6) is 0.715. The second-order valence-corrected chi connectivity index (χ2v) is 5.82. The van der Waals surface area contributed by atoms with Crippen molar-refractivity contribution in [1.29, 1.82) is 0 Å². The highest BCUT2D eigenvalue weighted by Crippen LogP contribution is 2.15. The van der Waals surface area contributed by atoms with Crippen LogP contribution in [0.3, 0.4) is 0 Å². The van der Waals surface area contributed by atoms with E-state index in [1.54, 1.807) is 7.11 Å². The van der Waals surface area contributed by atoms with Gasteiger partial charge in [0.2, 0.25) is 5.91 Å². The van der Waals surface area contributed by atoms with Crippen molar-refractivity contribution in [3.05, 3.63) is 30.3 Å². The monoisotopic (exact) mass is 347 g/mol. The predicted molar refractivity (Wildman–Crippen MR) is 101 cm³/mol. The second-order valence-electron chi connectivity index (χ2n) is 5.82. The van der Waals surface area contributed by atoms with E-state index in [4.69, 9.17) is 4.74 Å². The minimum Gasteiger partial charge on any atom is -0.383 e. The lowest BCUT2D eigenvalue weighted by Gasteiger charge is -2.36. The molecule has 0 radical (unpaired) electrons. The minimum absolute atomic E-state index is 0.0663. The first-order chi connectivity index (χ1) is 12.2. The van der Waals surface area contributed by atoms with Gasteiger partial charge in [-0.1, -0.05) is 18.2 Å². The number of rotatable bonds is 7. The predicted octanol–water partition coefficient (Wildman–Crippen LogP) is 0.537. The van der Waals surface area contributed by atoms with E-state index in [1.807, 2.05) is 30.0 Å². The van der Waals surface area contributed by atoms with Gasteiger partial charge in [-0.05, 0) is 19.1 Å². The summed E-state index contributed by atoms with van der Waals surface area (Å²) in [7, 11) is 1.66. The summed E-state index contributed by atoms with van der Waals surface area (Å²) in [6.45, 7) is 7.34.